The Bertz CT molecular complexity index is 664. The number of ether oxygens (including phenoxy) is 4. The third-order valence-electron chi connectivity index (χ3n) is 5.68. The van der Waals surface area contributed by atoms with Crippen LogP contribution in [0, 0.1) is 11.3 Å². The van der Waals surface area contributed by atoms with Gasteiger partial charge in [0.1, 0.15) is 6.29 Å². The van der Waals surface area contributed by atoms with E-state index in [1.165, 1.54) is 26.4 Å². The maximum Gasteiger partial charge on any atom is 0.330 e. The summed E-state index contributed by atoms with van der Waals surface area (Å²) >= 11 is 0. The normalized spacial score (nSPS) is 27.1. The Morgan fingerprint density at radius 1 is 1.30 bits per heavy atom. The van der Waals surface area contributed by atoms with Gasteiger partial charge in [-0.3, -0.25) is 9.59 Å². The summed E-state index contributed by atoms with van der Waals surface area (Å²) in [5, 5.41) is 0. The molecule has 0 aromatic heterocycles. The number of esters is 2. The second-order valence-corrected chi connectivity index (χ2v) is 8.25. The Morgan fingerprint density at radius 2 is 1.97 bits per heavy atom. The van der Waals surface area contributed by atoms with E-state index in [1.54, 1.807) is 13.0 Å². The number of aldehydes is 1. The molecule has 1 heterocycles. The Balaban J connectivity index is 3.64. The molecule has 170 valence electrons. The Hall–Kier alpha value is -1.99. The first-order valence-corrected chi connectivity index (χ1v) is 10.4. The standard InChI is InChI=1S/C23H36O7/c1-8-16(3)13-18-14-17(15-20(26)27-6)21(29-19(25)9-2)23(28-7,30-18)22(4,5)11-10-12-24/h10-12,15-16,18,21H,8-9,13-14H2,1-7H3/b11-10+,17-15+/t16?,18?,21-,23+/m0/s1. The Kier molecular flexibility index (Phi) is 9.91. The highest BCUT2D eigenvalue weighted by Crippen LogP contribution is 2.48. The van der Waals surface area contributed by atoms with E-state index in [0.717, 1.165) is 12.8 Å². The van der Waals surface area contributed by atoms with E-state index < -0.39 is 29.2 Å². The average molecular weight is 425 g/mol. The SMILES string of the molecule is CCC(=O)O[C@H]1/C(=C/C(=O)OC)CC(CC(C)CC)O[C@@]1(OC)C(C)(C)/C=C/C=O. The van der Waals surface area contributed by atoms with Gasteiger partial charge in [0.25, 0.3) is 0 Å². The van der Waals surface area contributed by atoms with Gasteiger partial charge in [-0.15, -0.1) is 0 Å². The van der Waals surface area contributed by atoms with Crippen LogP contribution in [0.4, 0.5) is 0 Å². The van der Waals surface area contributed by atoms with Crippen LogP contribution in [-0.2, 0) is 33.3 Å². The molecule has 0 aromatic rings. The molecule has 1 aliphatic rings. The van der Waals surface area contributed by atoms with Crippen LogP contribution in [0.15, 0.2) is 23.8 Å². The van der Waals surface area contributed by atoms with E-state index in [1.807, 2.05) is 13.8 Å². The molecule has 0 amide bonds. The van der Waals surface area contributed by atoms with Crippen LogP contribution in [0.3, 0.4) is 0 Å². The summed E-state index contributed by atoms with van der Waals surface area (Å²) in [5.74, 6) is -2.05. The number of carbonyl (C=O) groups excluding carboxylic acids is 3. The summed E-state index contributed by atoms with van der Waals surface area (Å²) in [4.78, 5) is 35.4. The number of rotatable bonds is 10. The van der Waals surface area contributed by atoms with Crippen molar-refractivity contribution in [2.24, 2.45) is 11.3 Å². The smallest absolute Gasteiger partial charge is 0.330 e. The summed E-state index contributed by atoms with van der Waals surface area (Å²) in [7, 11) is 2.77. The summed E-state index contributed by atoms with van der Waals surface area (Å²) in [6.07, 6.45) is 6.08. The zero-order valence-corrected chi connectivity index (χ0v) is 19.2. The van der Waals surface area contributed by atoms with Gasteiger partial charge < -0.3 is 18.9 Å². The molecule has 0 N–H and O–H groups in total. The maximum atomic E-state index is 12.3. The minimum absolute atomic E-state index is 0.155. The minimum Gasteiger partial charge on any atom is -0.466 e. The van der Waals surface area contributed by atoms with Gasteiger partial charge in [0.05, 0.1) is 13.2 Å². The van der Waals surface area contributed by atoms with E-state index in [0.29, 0.717) is 24.2 Å². The van der Waals surface area contributed by atoms with Crippen molar-refractivity contribution in [1.29, 1.82) is 0 Å². The van der Waals surface area contributed by atoms with E-state index in [-0.39, 0.29) is 12.5 Å². The van der Waals surface area contributed by atoms with Gasteiger partial charge in [-0.05, 0) is 30.4 Å². The van der Waals surface area contributed by atoms with E-state index >= 15 is 0 Å². The van der Waals surface area contributed by atoms with Crippen LogP contribution >= 0.6 is 0 Å². The lowest BCUT2D eigenvalue weighted by atomic mass is 9.74. The molecule has 0 spiro atoms. The van der Waals surface area contributed by atoms with Crippen molar-refractivity contribution < 1.29 is 33.3 Å². The van der Waals surface area contributed by atoms with E-state index in [4.69, 9.17) is 18.9 Å². The molecule has 1 aliphatic heterocycles. The van der Waals surface area contributed by atoms with Crippen molar-refractivity contribution in [3.63, 3.8) is 0 Å². The molecule has 0 saturated carbocycles. The topological polar surface area (TPSA) is 88.1 Å². The van der Waals surface area contributed by atoms with Crippen molar-refractivity contribution in [3.8, 4) is 0 Å². The zero-order valence-electron chi connectivity index (χ0n) is 19.2. The summed E-state index contributed by atoms with van der Waals surface area (Å²) < 4.78 is 23.0. The van der Waals surface area contributed by atoms with Gasteiger partial charge in [0.15, 0.2) is 6.10 Å². The van der Waals surface area contributed by atoms with Gasteiger partial charge >= 0.3 is 11.9 Å². The van der Waals surface area contributed by atoms with Crippen LogP contribution in [-0.4, -0.2) is 50.4 Å². The summed E-state index contributed by atoms with van der Waals surface area (Å²) in [5.41, 5.74) is -0.303. The molecule has 7 nitrogen and oxygen atoms in total. The first kappa shape index (κ1) is 26.0. The van der Waals surface area contributed by atoms with Crippen LogP contribution in [0.2, 0.25) is 0 Å². The lowest BCUT2D eigenvalue weighted by Crippen LogP contribution is -2.63. The highest BCUT2D eigenvalue weighted by atomic mass is 16.7. The van der Waals surface area contributed by atoms with Gasteiger partial charge in [-0.25, -0.2) is 4.79 Å². The Morgan fingerprint density at radius 3 is 2.47 bits per heavy atom. The number of hydrogen-bond acceptors (Lipinski definition) is 7. The van der Waals surface area contributed by atoms with Crippen molar-refractivity contribution in [2.45, 2.75) is 78.3 Å². The predicted molar refractivity (Wildman–Crippen MR) is 113 cm³/mol. The molecule has 30 heavy (non-hydrogen) atoms. The van der Waals surface area contributed by atoms with Gasteiger partial charge in [-0.1, -0.05) is 47.1 Å². The van der Waals surface area contributed by atoms with Crippen molar-refractivity contribution >= 4 is 18.2 Å². The highest BCUT2D eigenvalue weighted by Gasteiger charge is 2.58. The number of hydrogen-bond donors (Lipinski definition) is 0. The van der Waals surface area contributed by atoms with Gasteiger partial charge in [0, 0.05) is 25.0 Å². The largest absolute Gasteiger partial charge is 0.466 e. The third-order valence-corrected chi connectivity index (χ3v) is 5.68. The molecule has 0 aliphatic carbocycles. The monoisotopic (exact) mass is 424 g/mol. The number of carbonyl (C=O) groups is 3. The number of methoxy groups -OCH3 is 2. The molecule has 7 heteroatoms. The third kappa shape index (κ3) is 6.01. The second kappa shape index (κ2) is 11.4. The van der Waals surface area contributed by atoms with Crippen molar-refractivity contribution in [2.75, 3.05) is 14.2 Å². The molecule has 1 saturated heterocycles. The quantitative estimate of drug-likeness (QED) is 0.300. The second-order valence-electron chi connectivity index (χ2n) is 8.25. The molecule has 2 unspecified atom stereocenters. The average Bonchev–Trinajstić information content (AvgIpc) is 2.72. The molecule has 1 rings (SSSR count). The van der Waals surface area contributed by atoms with Crippen LogP contribution in [0.1, 0.15) is 60.3 Å². The molecule has 0 bridgehead atoms. The van der Waals surface area contributed by atoms with Crippen LogP contribution < -0.4 is 0 Å². The molecule has 4 atom stereocenters. The molecule has 0 aromatic carbocycles. The first-order chi connectivity index (χ1) is 14.1. The predicted octanol–water partition coefficient (Wildman–Crippen LogP) is 3.76. The minimum atomic E-state index is -1.44. The van der Waals surface area contributed by atoms with Gasteiger partial charge in [-0.2, -0.15) is 0 Å². The molecule has 1 fully saturated rings. The Labute approximate surface area is 179 Å². The van der Waals surface area contributed by atoms with Crippen molar-refractivity contribution in [3.05, 3.63) is 23.8 Å². The summed E-state index contributed by atoms with van der Waals surface area (Å²) in [6, 6.07) is 0. The molecule has 0 radical (unpaired) electrons. The zero-order chi connectivity index (χ0) is 22.9. The van der Waals surface area contributed by atoms with Gasteiger partial charge in [0.2, 0.25) is 5.79 Å². The fourth-order valence-electron chi connectivity index (χ4n) is 3.73. The fourth-order valence-corrected chi connectivity index (χ4v) is 3.73. The summed E-state index contributed by atoms with van der Waals surface area (Å²) in [6.45, 7) is 9.59. The van der Waals surface area contributed by atoms with E-state index in [9.17, 15) is 14.4 Å². The van der Waals surface area contributed by atoms with Crippen LogP contribution in [0.5, 0.6) is 0 Å². The lowest BCUT2D eigenvalue weighted by molar-refractivity contribution is -0.337. The van der Waals surface area contributed by atoms with Crippen LogP contribution in [0.25, 0.3) is 0 Å². The molecular formula is C23H36O7. The van der Waals surface area contributed by atoms with Crippen molar-refractivity contribution in [1.82, 2.24) is 0 Å². The highest BCUT2D eigenvalue weighted by molar-refractivity contribution is 5.83. The van der Waals surface area contributed by atoms with E-state index in [2.05, 4.69) is 13.8 Å². The molecular weight excluding hydrogens is 388 g/mol. The maximum absolute atomic E-state index is 12.3. The number of allylic oxidation sites excluding steroid dienone is 1. The lowest BCUT2D eigenvalue weighted by Gasteiger charge is -2.53. The fraction of sp³-hybridized carbons (Fsp3) is 0.696. The first-order valence-electron chi connectivity index (χ1n) is 10.4.